The van der Waals surface area contributed by atoms with Gasteiger partial charge in [-0.05, 0) is 112 Å². The minimum Gasteiger partial charge on any atom is -0.495 e. The number of guanidine groups is 2. The van der Waals surface area contributed by atoms with Crippen LogP contribution in [-0.4, -0.2) is 91.0 Å². The maximum Gasteiger partial charge on any atom is 0.214 e. The van der Waals surface area contributed by atoms with Crippen molar-refractivity contribution >= 4 is 67.9 Å². The smallest absolute Gasteiger partial charge is 0.214 e. The quantitative estimate of drug-likeness (QED) is 0.0882. The number of thiazole rings is 1. The molecule has 4 aromatic carbocycles. The van der Waals surface area contributed by atoms with Gasteiger partial charge in [0.25, 0.3) is 0 Å². The van der Waals surface area contributed by atoms with Gasteiger partial charge in [0.1, 0.15) is 29.0 Å². The summed E-state index contributed by atoms with van der Waals surface area (Å²) in [4.78, 5) is 22.7. The summed E-state index contributed by atoms with van der Waals surface area (Å²) >= 11 is 1.72. The van der Waals surface area contributed by atoms with E-state index in [0.29, 0.717) is 35.2 Å². The minimum absolute atomic E-state index is 0.296. The molecule has 16 heteroatoms. The standard InChI is InChI=1S/C25H28N6O2.C25H27N5O2S/c1-27-25(26)31(24-20-8-4-3-7-19(20)16-33-24)22-15-18(9-10-23(22)32-2)21-11-14-30(28-21)17-29-12-5-6-13-29;1-27-25(26)30(24-19-8-4-3-7-18(19)16-32-24)20-13-17(9-10-21(20)31-2)22-14-28-23(33-22)15-29-11-5-6-12-29/h3-4,7-11,14-16H,5-6,12-13,17H2,1-2H3,(H2,26,27);3-4,7-10,13-14,16H,5-6,11-12,15H2,1-2H3,(H2,26,27). The molecule has 0 radical (unpaired) electrons. The van der Waals surface area contributed by atoms with Gasteiger partial charge in [0.05, 0.1) is 49.4 Å². The SMILES string of the molecule is CN=C(N)N(c1cc(-c2ccn(CN3CCCC3)n2)ccc1OC)c1occ2ccccc12.CN=C(N)N(c1cc(-c2cnc(CN3CCCC3)s2)ccc1OC)c1occ2ccccc12. The second-order valence-corrected chi connectivity index (χ2v) is 17.3. The third kappa shape index (κ3) is 9.20. The van der Waals surface area contributed by atoms with Crippen molar-refractivity contribution in [2.45, 2.75) is 38.9 Å². The van der Waals surface area contributed by atoms with Crippen molar-refractivity contribution in [2.75, 3.05) is 64.3 Å². The van der Waals surface area contributed by atoms with Gasteiger partial charge in [-0.2, -0.15) is 5.10 Å². The average molecular weight is 906 g/mol. The summed E-state index contributed by atoms with van der Waals surface area (Å²) in [7, 11) is 6.61. The van der Waals surface area contributed by atoms with E-state index in [-0.39, 0.29) is 0 Å². The second kappa shape index (κ2) is 19.9. The molecule has 2 fully saturated rings. The summed E-state index contributed by atoms with van der Waals surface area (Å²) in [5, 5.41) is 9.80. The van der Waals surface area contributed by atoms with Gasteiger partial charge in [-0.15, -0.1) is 11.3 Å². The summed E-state index contributed by atoms with van der Waals surface area (Å²) in [5.74, 6) is 3.12. The number of likely N-dealkylation sites (tertiary alicyclic amines) is 2. The molecule has 15 nitrogen and oxygen atoms in total. The maximum atomic E-state index is 6.38. The Hall–Kier alpha value is -7.14. The van der Waals surface area contributed by atoms with Crippen molar-refractivity contribution in [3.05, 3.63) is 121 Å². The third-order valence-electron chi connectivity index (χ3n) is 12.0. The zero-order chi connectivity index (χ0) is 45.6. The van der Waals surface area contributed by atoms with Crippen molar-refractivity contribution in [3.63, 3.8) is 0 Å². The van der Waals surface area contributed by atoms with Crippen LogP contribution in [0.15, 0.2) is 135 Å². The first-order valence-electron chi connectivity index (χ1n) is 22.1. The van der Waals surface area contributed by atoms with Gasteiger partial charge in [0.2, 0.25) is 23.7 Å². The fourth-order valence-corrected chi connectivity index (χ4v) is 9.55. The average Bonchev–Trinajstić information content (AvgIpc) is 4.23. The van der Waals surface area contributed by atoms with Crippen molar-refractivity contribution in [1.82, 2.24) is 24.6 Å². The van der Waals surface area contributed by atoms with Crippen molar-refractivity contribution in [3.8, 4) is 33.2 Å². The Morgan fingerprint density at radius 2 is 1.23 bits per heavy atom. The predicted octanol–water partition coefficient (Wildman–Crippen LogP) is 9.68. The first-order valence-corrected chi connectivity index (χ1v) is 22.9. The molecule has 8 aromatic rings. The highest BCUT2D eigenvalue weighted by Crippen LogP contribution is 2.43. The highest BCUT2D eigenvalue weighted by atomic mass is 32.1. The molecule has 0 spiro atoms. The van der Waals surface area contributed by atoms with E-state index in [2.05, 4.69) is 30.8 Å². The van der Waals surface area contributed by atoms with E-state index >= 15 is 0 Å². The van der Waals surface area contributed by atoms with Gasteiger partial charge in [0, 0.05) is 53.6 Å². The molecule has 4 aromatic heterocycles. The number of methoxy groups -OCH3 is 2. The van der Waals surface area contributed by atoms with Crippen LogP contribution in [-0.2, 0) is 13.2 Å². The van der Waals surface area contributed by atoms with E-state index in [1.54, 1.807) is 62.0 Å². The zero-order valence-corrected chi connectivity index (χ0v) is 38.6. The Bertz CT molecular complexity index is 2770. The molecule has 2 aliphatic heterocycles. The highest BCUT2D eigenvalue weighted by molar-refractivity contribution is 7.15. The topological polar surface area (TPSA) is 165 Å². The highest BCUT2D eigenvalue weighted by Gasteiger charge is 2.26. The molecule has 6 heterocycles. The first-order chi connectivity index (χ1) is 32.3. The number of ether oxygens (including phenoxy) is 2. The molecule has 340 valence electrons. The lowest BCUT2D eigenvalue weighted by Crippen LogP contribution is -2.33. The van der Waals surface area contributed by atoms with E-state index in [0.717, 1.165) is 99.0 Å². The van der Waals surface area contributed by atoms with E-state index in [4.69, 9.17) is 34.9 Å². The van der Waals surface area contributed by atoms with Crippen LogP contribution in [0, 0.1) is 0 Å². The lowest BCUT2D eigenvalue weighted by molar-refractivity contribution is 0.256. The molecule has 0 aliphatic carbocycles. The Morgan fingerprint density at radius 3 is 1.79 bits per heavy atom. The number of furan rings is 2. The van der Waals surface area contributed by atoms with Gasteiger partial charge in [-0.25, -0.2) is 14.8 Å². The monoisotopic (exact) mass is 905 g/mol. The number of benzene rings is 4. The molecular weight excluding hydrogens is 851 g/mol. The second-order valence-electron chi connectivity index (χ2n) is 16.2. The number of nitrogens with two attached hydrogens (primary N) is 2. The maximum absolute atomic E-state index is 6.38. The molecule has 10 rings (SSSR count). The minimum atomic E-state index is 0.296. The summed E-state index contributed by atoms with van der Waals surface area (Å²) < 4.78 is 25.3. The molecule has 0 bridgehead atoms. The number of aromatic nitrogens is 3. The van der Waals surface area contributed by atoms with Crippen LogP contribution in [0.3, 0.4) is 0 Å². The molecule has 0 unspecified atom stereocenters. The van der Waals surface area contributed by atoms with E-state index in [9.17, 15) is 0 Å². The predicted molar refractivity (Wildman–Crippen MR) is 265 cm³/mol. The molecule has 66 heavy (non-hydrogen) atoms. The van der Waals surface area contributed by atoms with Crippen LogP contribution in [0.4, 0.5) is 23.1 Å². The van der Waals surface area contributed by atoms with Crippen molar-refractivity contribution < 1.29 is 18.3 Å². The molecule has 0 saturated carbocycles. The summed E-state index contributed by atoms with van der Waals surface area (Å²) in [5.41, 5.74) is 17.1. The lowest BCUT2D eigenvalue weighted by atomic mass is 10.1. The summed E-state index contributed by atoms with van der Waals surface area (Å²) in [6.45, 7) is 6.29. The van der Waals surface area contributed by atoms with Gasteiger partial charge in [-0.1, -0.05) is 36.4 Å². The van der Waals surface area contributed by atoms with E-state index < -0.39 is 0 Å². The van der Waals surface area contributed by atoms with Crippen molar-refractivity contribution in [1.29, 1.82) is 0 Å². The number of rotatable bonds is 12. The molecular formula is C50H55N11O4S. The number of hydrogen-bond donors (Lipinski definition) is 2. The van der Waals surface area contributed by atoms with Crippen LogP contribution >= 0.6 is 11.3 Å². The van der Waals surface area contributed by atoms with Crippen LogP contribution < -0.4 is 30.7 Å². The Kier molecular flexibility index (Phi) is 13.3. The largest absolute Gasteiger partial charge is 0.495 e. The molecule has 4 N–H and O–H groups in total. The lowest BCUT2D eigenvalue weighted by Gasteiger charge is -2.24. The van der Waals surface area contributed by atoms with Crippen LogP contribution in [0.2, 0.25) is 0 Å². The van der Waals surface area contributed by atoms with Gasteiger partial charge >= 0.3 is 0 Å². The van der Waals surface area contributed by atoms with Crippen LogP contribution in [0.1, 0.15) is 30.7 Å². The number of anilines is 4. The Balaban J connectivity index is 0.000000166. The van der Waals surface area contributed by atoms with Gasteiger partial charge < -0.3 is 29.8 Å². The summed E-state index contributed by atoms with van der Waals surface area (Å²) in [6, 6.07) is 29.9. The van der Waals surface area contributed by atoms with Crippen molar-refractivity contribution in [2.24, 2.45) is 21.5 Å². The van der Waals surface area contributed by atoms with Crippen LogP contribution in [0.5, 0.6) is 11.5 Å². The molecule has 0 atom stereocenters. The van der Waals surface area contributed by atoms with E-state index in [1.807, 2.05) is 102 Å². The molecule has 0 amide bonds. The first kappa shape index (κ1) is 44.1. The number of aliphatic imine (C=N–C) groups is 2. The van der Waals surface area contributed by atoms with E-state index in [1.165, 1.54) is 25.7 Å². The number of fused-ring (bicyclic) bond motifs is 2. The van der Waals surface area contributed by atoms with Crippen LogP contribution in [0.25, 0.3) is 43.2 Å². The molecule has 2 aliphatic rings. The molecule has 2 saturated heterocycles. The third-order valence-corrected chi connectivity index (χ3v) is 13.0. The van der Waals surface area contributed by atoms with Gasteiger partial charge in [-0.3, -0.25) is 24.5 Å². The fraction of sp³-hybridized carbons (Fsp3) is 0.280. The Morgan fingerprint density at radius 1 is 0.697 bits per heavy atom. The van der Waals surface area contributed by atoms with Gasteiger partial charge in [0.15, 0.2) is 0 Å². The summed E-state index contributed by atoms with van der Waals surface area (Å²) in [6.07, 6.45) is 12.5. The number of hydrogen-bond acceptors (Lipinski definition) is 11. The fourth-order valence-electron chi connectivity index (χ4n) is 8.59. The zero-order valence-electron chi connectivity index (χ0n) is 37.8. The normalized spacial score (nSPS) is 14.8. The number of nitrogens with zero attached hydrogens (tertiary/aromatic N) is 9. The Labute approximate surface area is 388 Å².